The van der Waals surface area contributed by atoms with Crippen LogP contribution in [0.2, 0.25) is 0 Å². The molecule has 0 aliphatic carbocycles. The van der Waals surface area contributed by atoms with Gasteiger partial charge in [-0.25, -0.2) is 0 Å². The molecule has 0 atom stereocenters. The highest BCUT2D eigenvalue weighted by atomic mass is 32.1. The number of hydrogen-bond acceptors (Lipinski definition) is 4. The van der Waals surface area contributed by atoms with E-state index in [0.29, 0.717) is 6.42 Å². The monoisotopic (exact) mass is 423 g/mol. The first-order chi connectivity index (χ1) is 14.7. The first-order valence-corrected chi connectivity index (χ1v) is 11.5. The summed E-state index contributed by atoms with van der Waals surface area (Å²) in [7, 11) is 0. The van der Waals surface area contributed by atoms with Gasteiger partial charge in [0, 0.05) is 47.6 Å². The van der Waals surface area contributed by atoms with Gasteiger partial charge >= 0.3 is 0 Å². The van der Waals surface area contributed by atoms with Gasteiger partial charge in [-0.1, -0.05) is 18.2 Å². The van der Waals surface area contributed by atoms with Crippen LogP contribution in [0.1, 0.15) is 24.0 Å². The molecule has 156 valence electrons. The number of fused-ring (bicyclic) bond motifs is 2. The largest absolute Gasteiger partial charge is 0.368 e. The molecule has 2 aromatic carbocycles. The summed E-state index contributed by atoms with van der Waals surface area (Å²) in [5.41, 5.74) is 4.60. The number of unbranched alkanes of at least 4 members (excludes halogenated alkanes) is 1. The van der Waals surface area contributed by atoms with Gasteiger partial charge < -0.3 is 10.2 Å². The fraction of sp³-hybridized carbons (Fsp3) is 0.375. The molecule has 1 N–H and O–H groups in total. The third kappa shape index (κ3) is 4.07. The quantitative estimate of drug-likeness (QED) is 0.585. The highest BCUT2D eigenvalue weighted by Crippen LogP contribution is 2.33. The molecule has 0 spiro atoms. The number of benzene rings is 2. The molecule has 1 amide bonds. The van der Waals surface area contributed by atoms with Gasteiger partial charge in [-0.05, 0) is 61.2 Å². The Kier molecular flexibility index (Phi) is 5.44. The van der Waals surface area contributed by atoms with Gasteiger partial charge in [0.05, 0.1) is 6.42 Å². The molecule has 0 radical (unpaired) electrons. The van der Waals surface area contributed by atoms with Crippen LogP contribution < -0.4 is 10.2 Å². The third-order valence-electron chi connectivity index (χ3n) is 6.21. The molecule has 2 aliphatic rings. The lowest BCUT2D eigenvalue weighted by Gasteiger charge is -2.36. The maximum absolute atomic E-state index is 13.7. The lowest BCUT2D eigenvalue weighted by Crippen LogP contribution is -2.46. The average Bonchev–Trinajstić information content (AvgIpc) is 3.31. The molecule has 3 aromatic rings. The lowest BCUT2D eigenvalue weighted by atomic mass is 10.0. The number of carbonyl (C=O) groups excluding carboxylic acids is 1. The number of carbonyl (C=O) groups is 1. The van der Waals surface area contributed by atoms with Crippen molar-refractivity contribution in [3.8, 4) is 0 Å². The number of anilines is 2. The average molecular weight is 424 g/mol. The van der Waals surface area contributed by atoms with E-state index in [1.807, 2.05) is 18.2 Å². The fourth-order valence-corrected chi connectivity index (χ4v) is 5.41. The molecule has 0 saturated carbocycles. The van der Waals surface area contributed by atoms with Gasteiger partial charge in [0.25, 0.3) is 0 Å². The van der Waals surface area contributed by atoms with E-state index in [1.165, 1.54) is 23.3 Å². The normalized spacial score (nSPS) is 16.8. The Morgan fingerprint density at radius 3 is 2.77 bits per heavy atom. The maximum atomic E-state index is 13.7. The molecule has 3 heterocycles. The summed E-state index contributed by atoms with van der Waals surface area (Å²) in [5, 5.41) is 3.83. The number of piperazine rings is 1. The standard InChI is InChI=1S/C24H26FN3OS/c25-23-16-19-21(5-3-6-22(19)30-23)28-12-10-27(11-13-28)9-2-1-4-17-7-8-20-18(14-17)15-24(29)26-20/h3,5-8,14,16H,1-2,4,9-13,15H2,(H,26,29). The zero-order valence-corrected chi connectivity index (χ0v) is 17.8. The van der Waals surface area contributed by atoms with Gasteiger partial charge in [0.2, 0.25) is 5.91 Å². The van der Waals surface area contributed by atoms with Gasteiger partial charge in [-0.15, -0.1) is 11.3 Å². The van der Waals surface area contributed by atoms with Crippen LogP contribution in [-0.2, 0) is 17.6 Å². The van der Waals surface area contributed by atoms with Gasteiger partial charge in [-0.2, -0.15) is 4.39 Å². The van der Waals surface area contributed by atoms with Gasteiger partial charge in [0.1, 0.15) is 0 Å². The Labute approximate surface area is 180 Å². The predicted octanol–water partition coefficient (Wildman–Crippen LogP) is 4.68. The van der Waals surface area contributed by atoms with Gasteiger partial charge in [-0.3, -0.25) is 9.69 Å². The van der Waals surface area contributed by atoms with Crippen molar-refractivity contribution in [1.29, 1.82) is 0 Å². The molecular weight excluding hydrogens is 397 g/mol. The third-order valence-corrected chi connectivity index (χ3v) is 7.09. The molecule has 30 heavy (non-hydrogen) atoms. The molecule has 5 rings (SSSR count). The molecule has 6 heteroatoms. The number of nitrogens with zero attached hydrogens (tertiary/aromatic N) is 2. The number of hydrogen-bond donors (Lipinski definition) is 1. The molecule has 2 aliphatic heterocycles. The highest BCUT2D eigenvalue weighted by molar-refractivity contribution is 7.17. The molecule has 4 nitrogen and oxygen atoms in total. The lowest BCUT2D eigenvalue weighted by molar-refractivity contribution is -0.115. The highest BCUT2D eigenvalue weighted by Gasteiger charge is 2.20. The second-order valence-corrected chi connectivity index (χ2v) is 9.28. The van der Waals surface area contributed by atoms with E-state index in [2.05, 4.69) is 33.3 Å². The minimum Gasteiger partial charge on any atom is -0.368 e. The van der Waals surface area contributed by atoms with Crippen LogP contribution in [0.3, 0.4) is 0 Å². The molecule has 0 unspecified atom stereocenters. The summed E-state index contributed by atoms with van der Waals surface area (Å²) in [4.78, 5) is 16.4. The number of amides is 1. The first kappa shape index (κ1) is 19.5. The molecule has 0 bridgehead atoms. The maximum Gasteiger partial charge on any atom is 0.228 e. The second-order valence-electron chi connectivity index (χ2n) is 8.24. The Balaban J connectivity index is 1.09. The minimum atomic E-state index is -0.109. The van der Waals surface area contributed by atoms with E-state index >= 15 is 0 Å². The smallest absolute Gasteiger partial charge is 0.228 e. The van der Waals surface area contributed by atoms with Crippen LogP contribution in [0, 0.1) is 5.13 Å². The zero-order valence-electron chi connectivity index (χ0n) is 17.0. The van der Waals surface area contributed by atoms with E-state index < -0.39 is 0 Å². The zero-order chi connectivity index (χ0) is 20.5. The van der Waals surface area contributed by atoms with Crippen molar-refractivity contribution < 1.29 is 9.18 Å². The van der Waals surface area contributed by atoms with Gasteiger partial charge in [0.15, 0.2) is 5.13 Å². The van der Waals surface area contributed by atoms with Crippen molar-refractivity contribution in [3.05, 3.63) is 58.7 Å². The van der Waals surface area contributed by atoms with E-state index in [-0.39, 0.29) is 11.0 Å². The van der Waals surface area contributed by atoms with Crippen molar-refractivity contribution in [2.45, 2.75) is 25.7 Å². The summed E-state index contributed by atoms with van der Waals surface area (Å²) in [6.45, 7) is 5.20. The van der Waals surface area contributed by atoms with Crippen LogP contribution in [0.25, 0.3) is 10.1 Å². The second kappa shape index (κ2) is 8.36. The number of rotatable bonds is 6. The van der Waals surface area contributed by atoms with Crippen molar-refractivity contribution >= 4 is 38.7 Å². The Morgan fingerprint density at radius 2 is 1.90 bits per heavy atom. The summed E-state index contributed by atoms with van der Waals surface area (Å²) < 4.78 is 14.7. The number of aryl methyl sites for hydroxylation is 1. The number of halogens is 1. The number of nitrogens with one attached hydrogen (secondary N) is 1. The SMILES string of the molecule is O=C1Cc2cc(CCCCN3CCN(c4cccc5sc(F)cc45)CC3)ccc2N1. The van der Waals surface area contributed by atoms with E-state index in [9.17, 15) is 9.18 Å². The van der Waals surface area contributed by atoms with Crippen molar-refractivity contribution in [3.63, 3.8) is 0 Å². The molecular formula is C24H26FN3OS. The fourth-order valence-electron chi connectivity index (χ4n) is 4.61. The summed E-state index contributed by atoms with van der Waals surface area (Å²) in [6.07, 6.45) is 3.92. The van der Waals surface area contributed by atoms with Crippen LogP contribution in [0.4, 0.5) is 15.8 Å². The van der Waals surface area contributed by atoms with Crippen LogP contribution >= 0.6 is 11.3 Å². The van der Waals surface area contributed by atoms with Crippen molar-refractivity contribution in [2.24, 2.45) is 0 Å². The van der Waals surface area contributed by atoms with Crippen LogP contribution in [0.5, 0.6) is 0 Å². The van der Waals surface area contributed by atoms with E-state index in [0.717, 1.165) is 72.6 Å². The summed E-state index contributed by atoms with van der Waals surface area (Å²) in [6, 6.07) is 14.2. The molecule has 1 saturated heterocycles. The topological polar surface area (TPSA) is 35.6 Å². The first-order valence-electron chi connectivity index (χ1n) is 10.7. The molecule has 1 fully saturated rings. The number of thiophene rings is 1. The Morgan fingerprint density at radius 1 is 1.03 bits per heavy atom. The summed E-state index contributed by atoms with van der Waals surface area (Å²) in [5.74, 6) is 0.0988. The van der Waals surface area contributed by atoms with Crippen LogP contribution in [0.15, 0.2) is 42.5 Å². The molecule has 1 aromatic heterocycles. The Bertz CT molecular complexity index is 1070. The van der Waals surface area contributed by atoms with E-state index in [4.69, 9.17) is 0 Å². The van der Waals surface area contributed by atoms with Crippen molar-refractivity contribution in [2.75, 3.05) is 42.9 Å². The minimum absolute atomic E-state index is 0.0988. The Hall–Kier alpha value is -2.44. The van der Waals surface area contributed by atoms with Crippen LogP contribution in [-0.4, -0.2) is 43.5 Å². The van der Waals surface area contributed by atoms with E-state index in [1.54, 1.807) is 6.07 Å². The summed E-state index contributed by atoms with van der Waals surface area (Å²) >= 11 is 1.23. The van der Waals surface area contributed by atoms with Crippen molar-refractivity contribution in [1.82, 2.24) is 4.90 Å². The predicted molar refractivity (Wildman–Crippen MR) is 122 cm³/mol.